The van der Waals surface area contributed by atoms with Crippen LogP contribution in [0, 0.1) is 0 Å². The largest absolute Gasteiger partial charge is 0.465 e. The summed E-state index contributed by atoms with van der Waals surface area (Å²) >= 11 is 5.34. The summed E-state index contributed by atoms with van der Waals surface area (Å²) in [6.45, 7) is 0. The predicted molar refractivity (Wildman–Crippen MR) is 92.3 cm³/mol. The third-order valence-electron chi connectivity index (χ3n) is 3.43. The Bertz CT molecular complexity index is 795. The number of thiophene rings is 2. The zero-order chi connectivity index (χ0) is 15.1. The lowest BCUT2D eigenvalue weighted by Crippen LogP contribution is -2.12. The Morgan fingerprint density at radius 3 is 2.09 bits per heavy atom. The molecule has 1 aliphatic heterocycles. The number of anilines is 3. The van der Waals surface area contributed by atoms with Gasteiger partial charge in [-0.1, -0.05) is 11.8 Å². The smallest absolute Gasteiger partial charge is 0.337 e. The van der Waals surface area contributed by atoms with Gasteiger partial charge in [0.05, 0.1) is 32.5 Å². The van der Waals surface area contributed by atoms with Gasteiger partial charge in [-0.05, 0) is 47.2 Å². The van der Waals surface area contributed by atoms with E-state index in [0.717, 1.165) is 5.69 Å². The zero-order valence-corrected chi connectivity index (χ0v) is 14.1. The number of esters is 1. The van der Waals surface area contributed by atoms with E-state index in [4.69, 9.17) is 4.74 Å². The number of carbonyl (C=O) groups excluding carboxylic acids is 1. The van der Waals surface area contributed by atoms with Gasteiger partial charge in [0.15, 0.2) is 0 Å². The van der Waals surface area contributed by atoms with Crippen LogP contribution in [0.15, 0.2) is 55.6 Å². The predicted octanol–water partition coefficient (Wildman–Crippen LogP) is 5.53. The second-order valence-corrected chi connectivity index (χ2v) is 8.03. The molecule has 0 radical (unpaired) electrons. The number of fused-ring (bicyclic) bond motifs is 2. The molecule has 0 unspecified atom stereocenters. The summed E-state index contributed by atoms with van der Waals surface area (Å²) in [4.78, 5) is 13.8. The molecule has 6 heteroatoms. The number of rotatable bonds is 2. The van der Waals surface area contributed by atoms with Gasteiger partial charge < -0.3 is 9.64 Å². The van der Waals surface area contributed by atoms with E-state index in [1.807, 2.05) is 23.9 Å². The lowest BCUT2D eigenvalue weighted by atomic mass is 10.2. The van der Waals surface area contributed by atoms with Crippen LogP contribution in [-0.4, -0.2) is 13.1 Å². The maximum Gasteiger partial charge on any atom is 0.337 e. The van der Waals surface area contributed by atoms with Crippen molar-refractivity contribution in [2.45, 2.75) is 8.42 Å². The van der Waals surface area contributed by atoms with E-state index in [0.29, 0.717) is 5.56 Å². The van der Waals surface area contributed by atoms with Gasteiger partial charge in [0.1, 0.15) is 0 Å². The Labute approximate surface area is 140 Å². The van der Waals surface area contributed by atoms with E-state index in [1.165, 1.54) is 26.9 Å². The van der Waals surface area contributed by atoms with Crippen LogP contribution in [0.4, 0.5) is 17.1 Å². The van der Waals surface area contributed by atoms with Gasteiger partial charge in [-0.15, -0.1) is 22.7 Å². The number of ether oxygens (including phenoxy) is 1. The van der Waals surface area contributed by atoms with Gasteiger partial charge in [-0.3, -0.25) is 0 Å². The van der Waals surface area contributed by atoms with Crippen LogP contribution in [0.1, 0.15) is 10.4 Å². The summed E-state index contributed by atoms with van der Waals surface area (Å²) in [5, 5.41) is 4.23. The number of methoxy groups -OCH3 is 1. The topological polar surface area (TPSA) is 29.5 Å². The standard InChI is InChI=1S/C16H11NO2S3/c1-19-14(18)10-2-4-11(5-3-10)17-12-6-8-20-15(12)22-16-13(17)7-9-21-16/h2-9H,1H3. The fourth-order valence-electron chi connectivity index (χ4n) is 2.42. The third kappa shape index (κ3) is 2.15. The molecule has 0 aliphatic carbocycles. The molecule has 0 amide bonds. The van der Waals surface area contributed by atoms with Crippen molar-refractivity contribution in [3.05, 3.63) is 52.7 Å². The first-order valence-electron chi connectivity index (χ1n) is 6.59. The maximum atomic E-state index is 11.6. The molecule has 0 N–H and O–H groups in total. The van der Waals surface area contributed by atoms with Crippen molar-refractivity contribution in [1.82, 2.24) is 0 Å². The van der Waals surface area contributed by atoms with Crippen molar-refractivity contribution in [2.24, 2.45) is 0 Å². The van der Waals surface area contributed by atoms with Gasteiger partial charge in [0.2, 0.25) is 0 Å². The molecule has 1 aromatic carbocycles. The molecule has 1 aliphatic rings. The lowest BCUT2D eigenvalue weighted by Gasteiger charge is -2.28. The number of benzene rings is 1. The van der Waals surface area contributed by atoms with E-state index in [2.05, 4.69) is 27.8 Å². The molecule has 3 heterocycles. The summed E-state index contributed by atoms with van der Waals surface area (Å²) in [7, 11) is 1.40. The second kappa shape index (κ2) is 5.46. The van der Waals surface area contributed by atoms with Crippen LogP contribution >= 0.6 is 34.4 Å². The van der Waals surface area contributed by atoms with Crippen LogP contribution in [0.2, 0.25) is 0 Å². The normalized spacial score (nSPS) is 12.7. The first-order valence-corrected chi connectivity index (χ1v) is 9.17. The maximum absolute atomic E-state index is 11.6. The summed E-state index contributed by atoms with van der Waals surface area (Å²) in [5.41, 5.74) is 4.01. The summed E-state index contributed by atoms with van der Waals surface area (Å²) in [6.07, 6.45) is 0. The molecule has 0 fully saturated rings. The van der Waals surface area contributed by atoms with Crippen molar-refractivity contribution in [1.29, 1.82) is 0 Å². The van der Waals surface area contributed by atoms with Crippen molar-refractivity contribution in [3.8, 4) is 0 Å². The van der Waals surface area contributed by atoms with E-state index in [-0.39, 0.29) is 5.97 Å². The van der Waals surface area contributed by atoms with Crippen LogP contribution < -0.4 is 4.90 Å². The van der Waals surface area contributed by atoms with Gasteiger partial charge >= 0.3 is 5.97 Å². The van der Waals surface area contributed by atoms with E-state index in [9.17, 15) is 4.79 Å². The zero-order valence-electron chi connectivity index (χ0n) is 11.6. The highest BCUT2D eigenvalue weighted by Gasteiger charge is 2.26. The number of nitrogens with zero attached hydrogens (tertiary/aromatic N) is 1. The van der Waals surface area contributed by atoms with E-state index in [1.54, 1.807) is 34.8 Å². The highest BCUT2D eigenvalue weighted by Crippen LogP contribution is 2.55. The summed E-state index contributed by atoms with van der Waals surface area (Å²) in [5.74, 6) is -0.312. The van der Waals surface area contributed by atoms with Crippen molar-refractivity contribution < 1.29 is 9.53 Å². The quantitative estimate of drug-likeness (QED) is 0.447. The Hall–Kier alpha value is -1.76. The molecular weight excluding hydrogens is 334 g/mol. The first kappa shape index (κ1) is 13.9. The minimum Gasteiger partial charge on any atom is -0.465 e. The second-order valence-electron chi connectivity index (χ2n) is 4.66. The van der Waals surface area contributed by atoms with Crippen LogP contribution in [0.3, 0.4) is 0 Å². The van der Waals surface area contributed by atoms with Crippen LogP contribution in [0.5, 0.6) is 0 Å². The summed E-state index contributed by atoms with van der Waals surface area (Å²) < 4.78 is 7.35. The molecule has 22 heavy (non-hydrogen) atoms. The Kier molecular flexibility index (Phi) is 3.44. The van der Waals surface area contributed by atoms with E-state index < -0.39 is 0 Å². The van der Waals surface area contributed by atoms with Crippen molar-refractivity contribution in [2.75, 3.05) is 12.0 Å². The Balaban J connectivity index is 1.80. The van der Waals surface area contributed by atoms with Gasteiger partial charge in [-0.25, -0.2) is 4.79 Å². The minimum atomic E-state index is -0.312. The number of hydrogen-bond acceptors (Lipinski definition) is 6. The molecule has 110 valence electrons. The molecule has 4 rings (SSSR count). The highest BCUT2D eigenvalue weighted by atomic mass is 32.2. The number of carbonyl (C=O) groups is 1. The Morgan fingerprint density at radius 1 is 0.955 bits per heavy atom. The molecule has 3 nitrogen and oxygen atoms in total. The molecule has 0 spiro atoms. The van der Waals surface area contributed by atoms with E-state index >= 15 is 0 Å². The van der Waals surface area contributed by atoms with Crippen LogP contribution in [-0.2, 0) is 4.74 Å². The van der Waals surface area contributed by atoms with Gasteiger partial charge in [0.25, 0.3) is 0 Å². The molecule has 3 aromatic rings. The minimum absolute atomic E-state index is 0.312. The Morgan fingerprint density at radius 2 is 1.55 bits per heavy atom. The summed E-state index contributed by atoms with van der Waals surface area (Å²) in [6, 6.07) is 11.8. The third-order valence-corrected chi connectivity index (χ3v) is 6.69. The van der Waals surface area contributed by atoms with Crippen molar-refractivity contribution >= 4 is 57.5 Å². The molecular formula is C16H11NO2S3. The number of hydrogen-bond donors (Lipinski definition) is 0. The molecule has 0 saturated carbocycles. The van der Waals surface area contributed by atoms with Gasteiger partial charge in [-0.2, -0.15) is 0 Å². The molecule has 0 atom stereocenters. The lowest BCUT2D eigenvalue weighted by molar-refractivity contribution is 0.0601. The fraction of sp³-hybridized carbons (Fsp3) is 0.0625. The molecule has 2 aromatic heterocycles. The first-order chi connectivity index (χ1) is 10.8. The monoisotopic (exact) mass is 345 g/mol. The fourth-order valence-corrected chi connectivity index (χ4v) is 5.69. The molecule has 0 saturated heterocycles. The average molecular weight is 345 g/mol. The van der Waals surface area contributed by atoms with Crippen molar-refractivity contribution in [3.63, 3.8) is 0 Å². The highest BCUT2D eigenvalue weighted by molar-refractivity contribution is 8.03. The van der Waals surface area contributed by atoms with Crippen LogP contribution in [0.25, 0.3) is 0 Å². The SMILES string of the molecule is COC(=O)c1ccc(N2c3ccsc3Sc3sccc32)cc1. The average Bonchev–Trinajstić information content (AvgIpc) is 3.20. The van der Waals surface area contributed by atoms with Gasteiger partial charge in [0, 0.05) is 5.69 Å². The molecule has 0 bridgehead atoms.